The van der Waals surface area contributed by atoms with Crippen LogP contribution in [0.4, 0.5) is 0 Å². The van der Waals surface area contributed by atoms with E-state index in [2.05, 4.69) is 54.5 Å². The number of rotatable bonds is 7. The van der Waals surface area contributed by atoms with Crippen molar-refractivity contribution >= 4 is 29.9 Å². The Balaban J connectivity index is 0.00000280. The number of para-hydroxylation sites is 1. The molecule has 0 spiro atoms. The van der Waals surface area contributed by atoms with Gasteiger partial charge in [-0.15, -0.1) is 24.0 Å². The highest BCUT2D eigenvalue weighted by atomic mass is 127. The number of hydrogen-bond donors (Lipinski definition) is 2. The molecule has 28 heavy (non-hydrogen) atoms. The lowest BCUT2D eigenvalue weighted by molar-refractivity contribution is 0.119. The van der Waals surface area contributed by atoms with Crippen LogP contribution in [0.3, 0.4) is 0 Å². The Kier molecular flexibility index (Phi) is 9.85. The Morgan fingerprint density at radius 1 is 1.18 bits per heavy atom. The number of aliphatic imine (C=N–C) groups is 1. The van der Waals surface area contributed by atoms with Crippen molar-refractivity contribution in [1.29, 1.82) is 0 Å². The predicted octanol–water partition coefficient (Wildman–Crippen LogP) is 4.16. The molecular weight excluding hydrogens is 463 g/mol. The summed E-state index contributed by atoms with van der Waals surface area (Å²) in [4.78, 5) is 7.40. The van der Waals surface area contributed by atoms with Crippen molar-refractivity contribution in [2.75, 3.05) is 19.6 Å². The van der Waals surface area contributed by atoms with Gasteiger partial charge in [0.05, 0.1) is 12.6 Å². The molecule has 1 heterocycles. The van der Waals surface area contributed by atoms with Crippen LogP contribution in [0.1, 0.15) is 58.4 Å². The van der Waals surface area contributed by atoms with Crippen LogP contribution in [0, 0.1) is 0 Å². The van der Waals surface area contributed by atoms with Gasteiger partial charge in [0, 0.05) is 37.3 Å². The maximum absolute atomic E-state index is 6.14. The van der Waals surface area contributed by atoms with Gasteiger partial charge in [-0.2, -0.15) is 0 Å². The smallest absolute Gasteiger partial charge is 0.191 e. The van der Waals surface area contributed by atoms with E-state index < -0.39 is 0 Å². The molecule has 1 saturated heterocycles. The Hall–Kier alpha value is -1.02. The molecule has 0 atom stereocenters. The van der Waals surface area contributed by atoms with Gasteiger partial charge in [0.2, 0.25) is 0 Å². The first kappa shape index (κ1) is 23.3. The third kappa shape index (κ3) is 6.79. The number of benzene rings is 1. The third-order valence-corrected chi connectivity index (χ3v) is 5.67. The average Bonchev–Trinajstić information content (AvgIpc) is 2.64. The van der Waals surface area contributed by atoms with Crippen molar-refractivity contribution in [3.63, 3.8) is 0 Å². The van der Waals surface area contributed by atoms with Crippen molar-refractivity contribution in [3.8, 4) is 5.75 Å². The minimum absolute atomic E-state index is 0. The summed E-state index contributed by atoms with van der Waals surface area (Å²) in [5.74, 6) is 1.91. The highest BCUT2D eigenvalue weighted by molar-refractivity contribution is 14.0. The molecule has 0 aromatic heterocycles. The van der Waals surface area contributed by atoms with E-state index >= 15 is 0 Å². The van der Waals surface area contributed by atoms with Crippen molar-refractivity contribution in [2.24, 2.45) is 4.99 Å². The second kappa shape index (κ2) is 11.9. The Bertz CT molecular complexity index is 610. The molecule has 1 aromatic carbocycles. The molecule has 0 radical (unpaired) electrons. The molecule has 158 valence electrons. The van der Waals surface area contributed by atoms with Crippen molar-refractivity contribution in [2.45, 2.75) is 77.6 Å². The molecule has 1 aliphatic heterocycles. The number of guanidine groups is 1. The molecule has 5 nitrogen and oxygen atoms in total. The summed E-state index contributed by atoms with van der Waals surface area (Å²) in [6.07, 6.45) is 6.38. The molecular formula is C22H37IN4O. The van der Waals surface area contributed by atoms with Crippen LogP contribution in [0.2, 0.25) is 0 Å². The fraction of sp³-hybridized carbons (Fsp3) is 0.682. The fourth-order valence-corrected chi connectivity index (χ4v) is 3.66. The minimum Gasteiger partial charge on any atom is -0.490 e. The van der Waals surface area contributed by atoms with Gasteiger partial charge in [-0.25, -0.2) is 4.99 Å². The summed E-state index contributed by atoms with van der Waals surface area (Å²) < 4.78 is 6.14. The zero-order valence-corrected chi connectivity index (χ0v) is 19.9. The van der Waals surface area contributed by atoms with Gasteiger partial charge >= 0.3 is 0 Å². The molecule has 1 aromatic rings. The van der Waals surface area contributed by atoms with Crippen LogP contribution in [0.25, 0.3) is 0 Å². The molecule has 3 rings (SSSR count). The molecule has 2 aliphatic rings. The molecule has 2 N–H and O–H groups in total. The van der Waals surface area contributed by atoms with Crippen LogP contribution in [0.5, 0.6) is 5.75 Å². The lowest BCUT2D eigenvalue weighted by Gasteiger charge is -2.35. The van der Waals surface area contributed by atoms with E-state index in [4.69, 9.17) is 9.73 Å². The van der Waals surface area contributed by atoms with Gasteiger partial charge in [0.25, 0.3) is 0 Å². The highest BCUT2D eigenvalue weighted by Gasteiger charge is 2.22. The quantitative estimate of drug-likeness (QED) is 0.336. The van der Waals surface area contributed by atoms with E-state index in [0.717, 1.165) is 36.9 Å². The lowest BCUT2D eigenvalue weighted by atomic mass is 9.96. The minimum atomic E-state index is 0. The summed E-state index contributed by atoms with van der Waals surface area (Å²) in [6.45, 7) is 10.5. The van der Waals surface area contributed by atoms with E-state index in [1.165, 1.54) is 32.1 Å². The van der Waals surface area contributed by atoms with E-state index in [1.807, 2.05) is 6.07 Å². The van der Waals surface area contributed by atoms with E-state index in [-0.39, 0.29) is 24.0 Å². The third-order valence-electron chi connectivity index (χ3n) is 5.67. The van der Waals surface area contributed by atoms with Gasteiger partial charge in [0.15, 0.2) is 5.96 Å². The first-order valence-corrected chi connectivity index (χ1v) is 10.7. The first-order chi connectivity index (χ1) is 13.2. The molecule has 0 unspecified atom stereocenters. The largest absolute Gasteiger partial charge is 0.490 e. The molecule has 0 bridgehead atoms. The van der Waals surface area contributed by atoms with E-state index in [0.29, 0.717) is 24.7 Å². The standard InChI is InChI=1S/C22H36N4O.HI/c1-4-23-22(25-19-12-14-26(15-13-19)17(2)3)24-16-18-8-5-6-11-21(18)27-20-9-7-10-20;/h5-6,8,11,17,19-20H,4,7,9-10,12-16H2,1-3H3,(H2,23,24,25);1H. The topological polar surface area (TPSA) is 48.9 Å². The maximum Gasteiger partial charge on any atom is 0.191 e. The van der Waals surface area contributed by atoms with Crippen LogP contribution in [-0.4, -0.2) is 48.7 Å². The summed E-state index contributed by atoms with van der Waals surface area (Å²) in [5, 5.41) is 7.04. The second-order valence-electron chi connectivity index (χ2n) is 8.02. The molecule has 1 aliphatic carbocycles. The first-order valence-electron chi connectivity index (χ1n) is 10.7. The van der Waals surface area contributed by atoms with Gasteiger partial charge in [-0.1, -0.05) is 18.2 Å². The summed E-state index contributed by atoms with van der Waals surface area (Å²) in [5.41, 5.74) is 1.16. The van der Waals surface area contributed by atoms with Crippen molar-refractivity contribution in [1.82, 2.24) is 15.5 Å². The predicted molar refractivity (Wildman–Crippen MR) is 128 cm³/mol. The van der Waals surface area contributed by atoms with Crippen LogP contribution < -0.4 is 15.4 Å². The van der Waals surface area contributed by atoms with Crippen LogP contribution >= 0.6 is 24.0 Å². The van der Waals surface area contributed by atoms with E-state index in [1.54, 1.807) is 0 Å². The van der Waals surface area contributed by atoms with Crippen LogP contribution in [0.15, 0.2) is 29.3 Å². The van der Waals surface area contributed by atoms with E-state index in [9.17, 15) is 0 Å². The average molecular weight is 500 g/mol. The Morgan fingerprint density at radius 3 is 2.50 bits per heavy atom. The highest BCUT2D eigenvalue weighted by Crippen LogP contribution is 2.27. The summed E-state index contributed by atoms with van der Waals surface area (Å²) in [6, 6.07) is 9.46. The summed E-state index contributed by atoms with van der Waals surface area (Å²) in [7, 11) is 0. The van der Waals surface area contributed by atoms with Gasteiger partial charge < -0.3 is 20.3 Å². The zero-order chi connectivity index (χ0) is 19.1. The number of hydrogen-bond acceptors (Lipinski definition) is 3. The van der Waals surface area contributed by atoms with Crippen LogP contribution in [-0.2, 0) is 6.54 Å². The summed E-state index contributed by atoms with van der Waals surface area (Å²) >= 11 is 0. The molecule has 6 heteroatoms. The molecule has 2 fully saturated rings. The number of piperidine rings is 1. The number of nitrogens with one attached hydrogen (secondary N) is 2. The van der Waals surface area contributed by atoms with Gasteiger partial charge in [0.1, 0.15) is 5.75 Å². The zero-order valence-electron chi connectivity index (χ0n) is 17.6. The van der Waals surface area contributed by atoms with Gasteiger partial charge in [-0.3, -0.25) is 0 Å². The molecule has 1 saturated carbocycles. The SMILES string of the molecule is CCNC(=NCc1ccccc1OC1CCC1)NC1CCN(C(C)C)CC1.I. The number of ether oxygens (including phenoxy) is 1. The number of halogens is 1. The van der Waals surface area contributed by atoms with Crippen molar-refractivity contribution < 1.29 is 4.74 Å². The second-order valence-corrected chi connectivity index (χ2v) is 8.02. The normalized spacial score (nSPS) is 19.1. The monoisotopic (exact) mass is 500 g/mol. The van der Waals surface area contributed by atoms with Crippen molar-refractivity contribution in [3.05, 3.63) is 29.8 Å². The number of nitrogens with zero attached hydrogens (tertiary/aromatic N) is 2. The van der Waals surface area contributed by atoms with Gasteiger partial charge in [-0.05, 0) is 58.9 Å². The maximum atomic E-state index is 6.14. The molecule has 0 amide bonds. The Labute approximate surface area is 187 Å². The number of likely N-dealkylation sites (tertiary alicyclic amines) is 1. The fourth-order valence-electron chi connectivity index (χ4n) is 3.66. The lowest BCUT2D eigenvalue weighted by Crippen LogP contribution is -2.49. The Morgan fingerprint density at radius 2 is 1.89 bits per heavy atom.